The van der Waals surface area contributed by atoms with Crippen LogP contribution in [0.3, 0.4) is 0 Å². The second-order valence-corrected chi connectivity index (χ2v) is 4.51. The van der Waals surface area contributed by atoms with Crippen LogP contribution in [0.4, 0.5) is 0 Å². The van der Waals surface area contributed by atoms with Gasteiger partial charge in [-0.2, -0.15) is 0 Å². The first-order valence-electron chi connectivity index (χ1n) is 5.17. The molecule has 1 fully saturated rings. The summed E-state index contributed by atoms with van der Waals surface area (Å²) in [5.41, 5.74) is -0.391. The van der Waals surface area contributed by atoms with Gasteiger partial charge in [0, 0.05) is 19.1 Å². The van der Waals surface area contributed by atoms with E-state index in [0.29, 0.717) is 6.04 Å². The van der Waals surface area contributed by atoms with Gasteiger partial charge in [0.25, 0.3) is 0 Å². The molecule has 0 aromatic carbocycles. The molecule has 1 aliphatic heterocycles. The summed E-state index contributed by atoms with van der Waals surface area (Å²) >= 11 is 0. The van der Waals surface area contributed by atoms with Gasteiger partial charge in [0.15, 0.2) is 0 Å². The van der Waals surface area contributed by atoms with Crippen molar-refractivity contribution in [3.8, 4) is 0 Å². The van der Waals surface area contributed by atoms with E-state index in [0.717, 1.165) is 32.5 Å². The maximum Gasteiger partial charge on any atom is 0.0895 e. The van der Waals surface area contributed by atoms with Gasteiger partial charge in [0.2, 0.25) is 0 Å². The Hall–Kier alpha value is -0.120. The molecule has 13 heavy (non-hydrogen) atoms. The SMILES string of the molecule is CC(C)N(C)CCCC1(O)CNC1. The summed E-state index contributed by atoms with van der Waals surface area (Å²) in [5, 5.41) is 12.9. The van der Waals surface area contributed by atoms with Crippen molar-refractivity contribution in [2.75, 3.05) is 26.7 Å². The smallest absolute Gasteiger partial charge is 0.0895 e. The Morgan fingerprint density at radius 3 is 2.46 bits per heavy atom. The van der Waals surface area contributed by atoms with E-state index in [1.165, 1.54) is 0 Å². The van der Waals surface area contributed by atoms with Crippen LogP contribution in [0.5, 0.6) is 0 Å². The topological polar surface area (TPSA) is 35.5 Å². The predicted molar refractivity (Wildman–Crippen MR) is 54.8 cm³/mol. The minimum atomic E-state index is -0.391. The van der Waals surface area contributed by atoms with Crippen molar-refractivity contribution in [2.45, 2.75) is 38.3 Å². The highest BCUT2D eigenvalue weighted by atomic mass is 16.3. The molecule has 1 rings (SSSR count). The molecular weight excluding hydrogens is 164 g/mol. The lowest BCUT2D eigenvalue weighted by Crippen LogP contribution is -2.59. The number of aliphatic hydroxyl groups is 1. The molecule has 0 aliphatic carbocycles. The van der Waals surface area contributed by atoms with Gasteiger partial charge in [-0.3, -0.25) is 0 Å². The molecule has 0 radical (unpaired) electrons. The molecule has 1 saturated heterocycles. The Morgan fingerprint density at radius 1 is 1.46 bits per heavy atom. The van der Waals surface area contributed by atoms with Crippen LogP contribution in [0.1, 0.15) is 26.7 Å². The highest BCUT2D eigenvalue weighted by molar-refractivity contribution is 4.92. The molecule has 0 unspecified atom stereocenters. The van der Waals surface area contributed by atoms with Crippen LogP contribution in [0.2, 0.25) is 0 Å². The van der Waals surface area contributed by atoms with E-state index >= 15 is 0 Å². The standard InChI is InChI=1S/C10H22N2O/c1-9(2)12(3)6-4-5-10(13)7-11-8-10/h9,11,13H,4-8H2,1-3H3. The van der Waals surface area contributed by atoms with Gasteiger partial charge in [-0.15, -0.1) is 0 Å². The minimum Gasteiger partial charge on any atom is -0.387 e. The van der Waals surface area contributed by atoms with Gasteiger partial charge in [-0.05, 0) is 40.3 Å². The van der Waals surface area contributed by atoms with Crippen molar-refractivity contribution in [1.29, 1.82) is 0 Å². The number of hydrogen-bond acceptors (Lipinski definition) is 3. The average Bonchev–Trinajstić information content (AvgIpc) is 2.01. The number of rotatable bonds is 5. The highest BCUT2D eigenvalue weighted by Crippen LogP contribution is 2.17. The lowest BCUT2D eigenvalue weighted by atomic mass is 9.91. The number of nitrogens with zero attached hydrogens (tertiary/aromatic N) is 1. The Morgan fingerprint density at radius 2 is 2.08 bits per heavy atom. The first kappa shape index (κ1) is 11.0. The Balaban J connectivity index is 2.06. The van der Waals surface area contributed by atoms with Gasteiger partial charge in [0.1, 0.15) is 0 Å². The van der Waals surface area contributed by atoms with Gasteiger partial charge in [-0.1, -0.05) is 0 Å². The van der Waals surface area contributed by atoms with E-state index in [4.69, 9.17) is 0 Å². The number of β-amino-alcohol motifs (C(OH)–C–C–N with tert-alkyl or cyclic N) is 1. The fraction of sp³-hybridized carbons (Fsp3) is 1.00. The van der Waals surface area contributed by atoms with Crippen LogP contribution in [0.25, 0.3) is 0 Å². The van der Waals surface area contributed by atoms with E-state index < -0.39 is 5.60 Å². The van der Waals surface area contributed by atoms with E-state index in [-0.39, 0.29) is 0 Å². The van der Waals surface area contributed by atoms with Crippen LogP contribution < -0.4 is 5.32 Å². The van der Waals surface area contributed by atoms with Gasteiger partial charge in [0.05, 0.1) is 5.60 Å². The fourth-order valence-electron chi connectivity index (χ4n) is 1.51. The molecule has 0 atom stereocenters. The van der Waals surface area contributed by atoms with E-state index in [1.807, 2.05) is 0 Å². The van der Waals surface area contributed by atoms with E-state index in [1.54, 1.807) is 0 Å². The summed E-state index contributed by atoms with van der Waals surface area (Å²) in [4.78, 5) is 2.31. The Kier molecular flexibility index (Phi) is 3.71. The zero-order valence-electron chi connectivity index (χ0n) is 9.01. The van der Waals surface area contributed by atoms with Crippen molar-refractivity contribution in [3.05, 3.63) is 0 Å². The average molecular weight is 186 g/mol. The van der Waals surface area contributed by atoms with E-state index in [9.17, 15) is 5.11 Å². The van der Waals surface area contributed by atoms with Crippen molar-refractivity contribution < 1.29 is 5.11 Å². The maximum absolute atomic E-state index is 9.78. The fourth-order valence-corrected chi connectivity index (χ4v) is 1.51. The second-order valence-electron chi connectivity index (χ2n) is 4.51. The van der Waals surface area contributed by atoms with Gasteiger partial charge < -0.3 is 15.3 Å². The first-order valence-corrected chi connectivity index (χ1v) is 5.17. The first-order chi connectivity index (χ1) is 6.03. The monoisotopic (exact) mass is 186 g/mol. The maximum atomic E-state index is 9.78. The lowest BCUT2D eigenvalue weighted by molar-refractivity contribution is -0.0204. The highest BCUT2D eigenvalue weighted by Gasteiger charge is 2.33. The van der Waals surface area contributed by atoms with Gasteiger partial charge in [-0.25, -0.2) is 0 Å². The summed E-state index contributed by atoms with van der Waals surface area (Å²) in [5.74, 6) is 0. The second kappa shape index (κ2) is 4.40. The molecule has 2 N–H and O–H groups in total. The van der Waals surface area contributed by atoms with Crippen molar-refractivity contribution in [1.82, 2.24) is 10.2 Å². The third-order valence-corrected chi connectivity index (χ3v) is 2.94. The Bertz CT molecular complexity index is 155. The van der Waals surface area contributed by atoms with Crippen molar-refractivity contribution in [3.63, 3.8) is 0 Å². The summed E-state index contributed by atoms with van der Waals surface area (Å²) < 4.78 is 0. The Labute approximate surface area is 81.1 Å². The molecule has 78 valence electrons. The molecule has 0 saturated carbocycles. The quantitative estimate of drug-likeness (QED) is 0.654. The third kappa shape index (κ3) is 3.25. The van der Waals surface area contributed by atoms with Crippen LogP contribution in [-0.2, 0) is 0 Å². The molecule has 0 aromatic rings. The van der Waals surface area contributed by atoms with Crippen LogP contribution in [0, 0.1) is 0 Å². The molecule has 3 heteroatoms. The summed E-state index contributed by atoms with van der Waals surface area (Å²) in [7, 11) is 2.13. The number of nitrogens with one attached hydrogen (secondary N) is 1. The van der Waals surface area contributed by atoms with Crippen LogP contribution in [-0.4, -0.2) is 48.3 Å². The lowest BCUT2D eigenvalue weighted by Gasteiger charge is -2.38. The zero-order valence-corrected chi connectivity index (χ0v) is 9.01. The molecule has 0 amide bonds. The van der Waals surface area contributed by atoms with E-state index in [2.05, 4.69) is 31.1 Å². The normalized spacial score (nSPS) is 20.8. The third-order valence-electron chi connectivity index (χ3n) is 2.94. The summed E-state index contributed by atoms with van der Waals surface area (Å²) in [6, 6.07) is 0.606. The van der Waals surface area contributed by atoms with Gasteiger partial charge >= 0.3 is 0 Å². The molecule has 0 bridgehead atoms. The van der Waals surface area contributed by atoms with Crippen molar-refractivity contribution >= 4 is 0 Å². The minimum absolute atomic E-state index is 0.391. The van der Waals surface area contributed by atoms with Crippen molar-refractivity contribution in [2.24, 2.45) is 0 Å². The molecule has 0 aromatic heterocycles. The summed E-state index contributed by atoms with van der Waals surface area (Å²) in [6.07, 6.45) is 2.02. The largest absolute Gasteiger partial charge is 0.387 e. The van der Waals surface area contributed by atoms with Crippen LogP contribution in [0.15, 0.2) is 0 Å². The zero-order chi connectivity index (χ0) is 9.90. The summed E-state index contributed by atoms with van der Waals surface area (Å²) in [6.45, 7) is 7.02. The molecule has 3 nitrogen and oxygen atoms in total. The molecular formula is C10H22N2O. The molecule has 0 spiro atoms. The number of hydrogen-bond donors (Lipinski definition) is 2. The molecule has 1 heterocycles. The molecule has 1 aliphatic rings. The predicted octanol–water partition coefficient (Wildman–Crippen LogP) is 0.441. The van der Waals surface area contributed by atoms with Crippen LogP contribution >= 0.6 is 0 Å².